The SMILES string of the molecule is CCCCCCCCCCCCOC(=O)C1C=C(O)C=CC1(O)[C@@H]1O[C@H](CO)[C@@H](O)[C@H](O)[C@H]1O. The zero-order chi connectivity index (χ0) is 25.1. The van der Waals surface area contributed by atoms with Crippen LogP contribution in [0, 0.1) is 5.92 Å². The predicted octanol–water partition coefficient (Wildman–Crippen LogP) is 1.65. The Bertz CT molecular complexity index is 677. The van der Waals surface area contributed by atoms with Crippen LogP contribution in [0.3, 0.4) is 0 Å². The fraction of sp³-hybridized carbons (Fsp3) is 0.800. The summed E-state index contributed by atoms with van der Waals surface area (Å²) in [6.07, 6.45) is 6.79. The molecule has 1 saturated heterocycles. The Morgan fingerprint density at radius 3 is 2.15 bits per heavy atom. The number of hydrogen-bond donors (Lipinski definition) is 6. The van der Waals surface area contributed by atoms with Crippen LogP contribution in [0.2, 0.25) is 0 Å². The molecule has 9 heteroatoms. The number of hydrogen-bond acceptors (Lipinski definition) is 9. The molecule has 196 valence electrons. The molecule has 0 aromatic rings. The topological polar surface area (TPSA) is 157 Å². The third-order valence-electron chi connectivity index (χ3n) is 6.70. The van der Waals surface area contributed by atoms with Gasteiger partial charge in [-0.25, -0.2) is 0 Å². The van der Waals surface area contributed by atoms with Gasteiger partial charge in [0.2, 0.25) is 0 Å². The minimum Gasteiger partial charge on any atom is -0.508 e. The molecule has 1 aliphatic heterocycles. The van der Waals surface area contributed by atoms with E-state index in [1.165, 1.54) is 38.5 Å². The Hall–Kier alpha value is -1.49. The summed E-state index contributed by atoms with van der Waals surface area (Å²) < 4.78 is 10.8. The summed E-state index contributed by atoms with van der Waals surface area (Å²) in [5, 5.41) is 61.2. The van der Waals surface area contributed by atoms with Gasteiger partial charge in [0.1, 0.15) is 47.8 Å². The second kappa shape index (κ2) is 14.2. The first kappa shape index (κ1) is 28.7. The Balaban J connectivity index is 1.86. The standard InChI is InChI=1S/C25H42O9/c1-2-3-4-5-6-7-8-9-10-11-14-33-24(31)18-15-17(27)12-13-25(18,32)23-22(30)21(29)20(28)19(16-26)34-23/h12-13,15,18-23,26-30,32H,2-11,14,16H2,1H3/t18?,19-,20-,21+,22-,23-,25?/m1/s1. The Morgan fingerprint density at radius 1 is 0.971 bits per heavy atom. The Kier molecular flexibility index (Phi) is 12.0. The average molecular weight is 487 g/mol. The average Bonchev–Trinajstić information content (AvgIpc) is 2.82. The van der Waals surface area contributed by atoms with Crippen molar-refractivity contribution in [1.82, 2.24) is 0 Å². The van der Waals surface area contributed by atoms with E-state index in [9.17, 15) is 35.4 Å². The Morgan fingerprint density at radius 2 is 1.56 bits per heavy atom. The van der Waals surface area contributed by atoms with Gasteiger partial charge in [-0.2, -0.15) is 0 Å². The maximum absolute atomic E-state index is 12.8. The van der Waals surface area contributed by atoms with Crippen LogP contribution in [-0.4, -0.2) is 85.9 Å². The van der Waals surface area contributed by atoms with Crippen LogP contribution < -0.4 is 0 Å². The number of aliphatic hydroxyl groups is 6. The second-order valence-corrected chi connectivity index (χ2v) is 9.39. The van der Waals surface area contributed by atoms with Crippen LogP contribution in [0.15, 0.2) is 24.0 Å². The van der Waals surface area contributed by atoms with Gasteiger partial charge >= 0.3 is 5.97 Å². The fourth-order valence-corrected chi connectivity index (χ4v) is 4.55. The van der Waals surface area contributed by atoms with Crippen molar-refractivity contribution >= 4 is 5.97 Å². The van der Waals surface area contributed by atoms with E-state index < -0.39 is 54.6 Å². The van der Waals surface area contributed by atoms with E-state index in [4.69, 9.17) is 9.47 Å². The van der Waals surface area contributed by atoms with Gasteiger partial charge in [0.25, 0.3) is 0 Å². The van der Waals surface area contributed by atoms with Gasteiger partial charge < -0.3 is 40.1 Å². The van der Waals surface area contributed by atoms with Crippen LogP contribution in [-0.2, 0) is 14.3 Å². The lowest BCUT2D eigenvalue weighted by Gasteiger charge is -2.47. The minimum absolute atomic E-state index is 0.148. The first-order chi connectivity index (χ1) is 16.3. The van der Waals surface area contributed by atoms with Crippen molar-refractivity contribution in [2.45, 2.75) is 107 Å². The molecule has 6 N–H and O–H groups in total. The number of unbranched alkanes of at least 4 members (excludes halogenated alkanes) is 9. The van der Waals surface area contributed by atoms with Crippen LogP contribution in [0.1, 0.15) is 71.1 Å². The number of ether oxygens (including phenoxy) is 2. The zero-order valence-corrected chi connectivity index (χ0v) is 20.1. The molecule has 0 radical (unpaired) electrons. The van der Waals surface area contributed by atoms with Crippen LogP contribution in [0.25, 0.3) is 0 Å². The fourth-order valence-electron chi connectivity index (χ4n) is 4.55. The summed E-state index contributed by atoms with van der Waals surface area (Å²) >= 11 is 0. The maximum Gasteiger partial charge on any atom is 0.316 e. The van der Waals surface area contributed by atoms with E-state index in [2.05, 4.69) is 6.92 Å². The number of aliphatic hydroxyl groups excluding tert-OH is 5. The van der Waals surface area contributed by atoms with Crippen LogP contribution in [0.4, 0.5) is 0 Å². The highest BCUT2D eigenvalue weighted by Crippen LogP contribution is 2.38. The van der Waals surface area contributed by atoms with Crippen molar-refractivity contribution in [3.63, 3.8) is 0 Å². The third-order valence-corrected chi connectivity index (χ3v) is 6.70. The molecule has 0 aromatic carbocycles. The highest BCUT2D eigenvalue weighted by molar-refractivity contribution is 5.77. The van der Waals surface area contributed by atoms with Crippen molar-refractivity contribution in [3.8, 4) is 0 Å². The summed E-state index contributed by atoms with van der Waals surface area (Å²) in [5.41, 5.74) is -2.17. The van der Waals surface area contributed by atoms with Gasteiger partial charge in [0.05, 0.1) is 13.2 Å². The Labute approximate surface area is 201 Å². The molecule has 9 nitrogen and oxygen atoms in total. The van der Waals surface area contributed by atoms with E-state index in [0.29, 0.717) is 6.42 Å². The summed E-state index contributed by atoms with van der Waals surface area (Å²) in [4.78, 5) is 12.8. The van der Waals surface area contributed by atoms with Gasteiger partial charge in [-0.05, 0) is 24.6 Å². The molecule has 2 unspecified atom stereocenters. The van der Waals surface area contributed by atoms with Crippen molar-refractivity contribution in [3.05, 3.63) is 24.0 Å². The molecule has 2 rings (SSSR count). The van der Waals surface area contributed by atoms with Crippen molar-refractivity contribution in [1.29, 1.82) is 0 Å². The summed E-state index contributed by atoms with van der Waals surface area (Å²) in [7, 11) is 0. The van der Waals surface area contributed by atoms with Gasteiger partial charge in [-0.1, -0.05) is 64.7 Å². The van der Waals surface area contributed by atoms with Crippen LogP contribution >= 0.6 is 0 Å². The maximum atomic E-state index is 12.8. The number of esters is 1. The molecule has 1 aliphatic carbocycles. The molecule has 2 aliphatic rings. The lowest BCUT2D eigenvalue weighted by atomic mass is 9.74. The molecule has 0 spiro atoms. The molecule has 0 aromatic heterocycles. The molecule has 0 bridgehead atoms. The molecular weight excluding hydrogens is 444 g/mol. The minimum atomic E-state index is -2.17. The number of carbonyl (C=O) groups is 1. The monoisotopic (exact) mass is 486 g/mol. The highest BCUT2D eigenvalue weighted by Gasteiger charge is 2.56. The van der Waals surface area contributed by atoms with Crippen molar-refractivity contribution in [2.24, 2.45) is 5.92 Å². The van der Waals surface area contributed by atoms with E-state index in [0.717, 1.165) is 37.5 Å². The van der Waals surface area contributed by atoms with Gasteiger partial charge in [-0.15, -0.1) is 0 Å². The molecule has 34 heavy (non-hydrogen) atoms. The molecule has 0 amide bonds. The number of carbonyl (C=O) groups excluding carboxylic acids is 1. The van der Waals surface area contributed by atoms with E-state index in [1.54, 1.807) is 0 Å². The first-order valence-corrected chi connectivity index (χ1v) is 12.6. The van der Waals surface area contributed by atoms with E-state index >= 15 is 0 Å². The molecule has 7 atom stereocenters. The lowest BCUT2D eigenvalue weighted by Crippen LogP contribution is -2.67. The largest absolute Gasteiger partial charge is 0.508 e. The van der Waals surface area contributed by atoms with E-state index in [-0.39, 0.29) is 12.4 Å². The van der Waals surface area contributed by atoms with Crippen molar-refractivity contribution in [2.75, 3.05) is 13.2 Å². The van der Waals surface area contributed by atoms with Gasteiger partial charge in [0.15, 0.2) is 0 Å². The van der Waals surface area contributed by atoms with E-state index in [1.807, 2.05) is 0 Å². The van der Waals surface area contributed by atoms with Gasteiger partial charge in [-0.3, -0.25) is 4.79 Å². The van der Waals surface area contributed by atoms with Crippen molar-refractivity contribution < 1.29 is 44.9 Å². The summed E-state index contributed by atoms with van der Waals surface area (Å²) in [6, 6.07) is 0. The number of rotatable bonds is 14. The molecule has 1 heterocycles. The normalized spacial score (nSPS) is 33.5. The third kappa shape index (κ3) is 7.50. The quantitative estimate of drug-likeness (QED) is 0.159. The highest BCUT2D eigenvalue weighted by atomic mass is 16.6. The van der Waals surface area contributed by atoms with Gasteiger partial charge in [0, 0.05) is 0 Å². The molecule has 0 saturated carbocycles. The lowest BCUT2D eigenvalue weighted by molar-refractivity contribution is -0.267. The molecular formula is C25H42O9. The smallest absolute Gasteiger partial charge is 0.316 e. The first-order valence-electron chi connectivity index (χ1n) is 12.6. The summed E-state index contributed by atoms with van der Waals surface area (Å²) in [5.74, 6) is -2.50. The predicted molar refractivity (Wildman–Crippen MR) is 125 cm³/mol. The zero-order valence-electron chi connectivity index (χ0n) is 20.1. The number of allylic oxidation sites excluding steroid dienone is 1. The summed E-state index contributed by atoms with van der Waals surface area (Å²) in [6.45, 7) is 1.68. The molecule has 1 fully saturated rings. The van der Waals surface area contributed by atoms with Crippen LogP contribution in [0.5, 0.6) is 0 Å². The second-order valence-electron chi connectivity index (χ2n) is 9.39.